The molecule has 0 fully saturated rings. The van der Waals surface area contributed by atoms with E-state index in [-0.39, 0.29) is 0 Å². The highest BCUT2D eigenvalue weighted by molar-refractivity contribution is 6.30. The number of fused-ring (bicyclic) bond motifs is 1. The number of anilines is 1. The maximum absolute atomic E-state index is 6.01. The number of benzene rings is 2. The molecule has 0 amide bonds. The van der Waals surface area contributed by atoms with Gasteiger partial charge in [0, 0.05) is 16.8 Å². The van der Waals surface area contributed by atoms with Crippen LogP contribution in [0.4, 0.5) is 5.69 Å². The molecule has 2 aromatic carbocycles. The molecule has 2 heteroatoms. The van der Waals surface area contributed by atoms with Gasteiger partial charge in [-0.1, -0.05) is 29.8 Å². The van der Waals surface area contributed by atoms with Crippen molar-refractivity contribution < 1.29 is 0 Å². The zero-order chi connectivity index (χ0) is 14.1. The van der Waals surface area contributed by atoms with Gasteiger partial charge in [-0.3, -0.25) is 0 Å². The van der Waals surface area contributed by atoms with Gasteiger partial charge in [0.05, 0.1) is 0 Å². The van der Waals surface area contributed by atoms with Gasteiger partial charge in [0.2, 0.25) is 0 Å². The Morgan fingerprint density at radius 2 is 1.85 bits per heavy atom. The average Bonchev–Trinajstić information content (AvgIpc) is 2.89. The molecule has 0 aromatic heterocycles. The topological polar surface area (TPSA) is 12.0 Å². The van der Waals surface area contributed by atoms with E-state index in [1.165, 1.54) is 41.5 Å². The third-order valence-electron chi connectivity index (χ3n) is 4.18. The van der Waals surface area contributed by atoms with E-state index >= 15 is 0 Å². The first-order valence-electron chi connectivity index (χ1n) is 7.28. The molecular formula is C18H20ClN. The lowest BCUT2D eigenvalue weighted by Gasteiger charge is -2.18. The van der Waals surface area contributed by atoms with Crippen molar-refractivity contribution in [3.05, 3.63) is 63.7 Å². The summed E-state index contributed by atoms with van der Waals surface area (Å²) in [5.41, 5.74) is 6.76. The molecule has 104 valence electrons. The van der Waals surface area contributed by atoms with Crippen LogP contribution in [0.5, 0.6) is 0 Å². The predicted octanol–water partition coefficient (Wildman–Crippen LogP) is 5.31. The van der Waals surface area contributed by atoms with Crippen LogP contribution in [0, 0.1) is 6.92 Å². The molecule has 1 aliphatic rings. The maximum atomic E-state index is 6.01. The lowest BCUT2D eigenvalue weighted by Crippen LogP contribution is -2.08. The fourth-order valence-electron chi connectivity index (χ4n) is 2.97. The molecule has 0 saturated heterocycles. The smallest absolute Gasteiger partial charge is 0.0485 e. The first kappa shape index (κ1) is 13.5. The van der Waals surface area contributed by atoms with Crippen molar-refractivity contribution in [3.63, 3.8) is 0 Å². The zero-order valence-corrected chi connectivity index (χ0v) is 12.8. The van der Waals surface area contributed by atoms with Gasteiger partial charge in [0.25, 0.3) is 0 Å². The molecule has 0 bridgehead atoms. The van der Waals surface area contributed by atoms with Crippen LogP contribution in [-0.2, 0) is 12.8 Å². The van der Waals surface area contributed by atoms with E-state index in [2.05, 4.69) is 43.4 Å². The Hall–Kier alpha value is -1.47. The highest BCUT2D eigenvalue weighted by Crippen LogP contribution is 2.28. The summed E-state index contributed by atoms with van der Waals surface area (Å²) in [6.07, 6.45) is 3.78. The Balaban J connectivity index is 1.80. The van der Waals surface area contributed by atoms with Crippen molar-refractivity contribution in [3.8, 4) is 0 Å². The van der Waals surface area contributed by atoms with Gasteiger partial charge in [-0.25, -0.2) is 0 Å². The van der Waals surface area contributed by atoms with Crippen molar-refractivity contribution in [2.24, 2.45) is 0 Å². The SMILES string of the molecule is Cc1cc(Cl)ccc1NC(C)c1ccc2c(c1)CCC2. The quantitative estimate of drug-likeness (QED) is 0.806. The van der Waals surface area contributed by atoms with E-state index < -0.39 is 0 Å². The molecule has 1 N–H and O–H groups in total. The summed E-state index contributed by atoms with van der Waals surface area (Å²) >= 11 is 6.01. The van der Waals surface area contributed by atoms with Gasteiger partial charge in [0.15, 0.2) is 0 Å². The molecule has 0 saturated carbocycles. The van der Waals surface area contributed by atoms with E-state index in [4.69, 9.17) is 11.6 Å². The zero-order valence-electron chi connectivity index (χ0n) is 12.0. The Morgan fingerprint density at radius 1 is 1.05 bits per heavy atom. The van der Waals surface area contributed by atoms with Gasteiger partial charge < -0.3 is 5.32 Å². The minimum atomic E-state index is 0.306. The Bertz CT molecular complexity index is 633. The number of rotatable bonds is 3. The molecule has 0 radical (unpaired) electrons. The highest BCUT2D eigenvalue weighted by atomic mass is 35.5. The fraction of sp³-hybridized carbons (Fsp3) is 0.333. The summed E-state index contributed by atoms with van der Waals surface area (Å²) < 4.78 is 0. The Kier molecular flexibility index (Phi) is 3.71. The monoisotopic (exact) mass is 285 g/mol. The van der Waals surface area contributed by atoms with Gasteiger partial charge >= 0.3 is 0 Å². The summed E-state index contributed by atoms with van der Waals surface area (Å²) in [7, 11) is 0. The number of halogens is 1. The van der Waals surface area contributed by atoms with Crippen molar-refractivity contribution >= 4 is 17.3 Å². The van der Waals surface area contributed by atoms with E-state index in [0.29, 0.717) is 6.04 Å². The predicted molar refractivity (Wildman–Crippen MR) is 86.7 cm³/mol. The third-order valence-corrected chi connectivity index (χ3v) is 4.42. The molecule has 1 nitrogen and oxygen atoms in total. The second kappa shape index (κ2) is 5.49. The van der Waals surface area contributed by atoms with Crippen LogP contribution in [0.1, 0.15) is 41.6 Å². The number of aryl methyl sites for hydroxylation is 3. The molecule has 1 atom stereocenters. The van der Waals surface area contributed by atoms with Crippen LogP contribution in [-0.4, -0.2) is 0 Å². The van der Waals surface area contributed by atoms with Crippen molar-refractivity contribution in [1.82, 2.24) is 0 Å². The van der Waals surface area contributed by atoms with Crippen molar-refractivity contribution in [2.75, 3.05) is 5.32 Å². The van der Waals surface area contributed by atoms with Crippen molar-refractivity contribution in [2.45, 2.75) is 39.2 Å². The molecule has 20 heavy (non-hydrogen) atoms. The second-order valence-electron chi connectivity index (χ2n) is 5.71. The average molecular weight is 286 g/mol. The summed E-state index contributed by atoms with van der Waals surface area (Å²) in [5.74, 6) is 0. The molecule has 2 aromatic rings. The summed E-state index contributed by atoms with van der Waals surface area (Å²) in [4.78, 5) is 0. The van der Waals surface area contributed by atoms with Crippen LogP contribution in [0.2, 0.25) is 5.02 Å². The van der Waals surface area contributed by atoms with Gasteiger partial charge in [-0.2, -0.15) is 0 Å². The minimum Gasteiger partial charge on any atom is -0.378 e. The molecule has 1 unspecified atom stereocenters. The first-order chi connectivity index (χ1) is 9.63. The van der Waals surface area contributed by atoms with Crippen molar-refractivity contribution in [1.29, 1.82) is 0 Å². The van der Waals surface area contributed by atoms with Crippen LogP contribution < -0.4 is 5.32 Å². The van der Waals surface area contributed by atoms with Crippen LogP contribution >= 0.6 is 11.6 Å². The van der Waals surface area contributed by atoms with Gasteiger partial charge in [0.1, 0.15) is 0 Å². The summed E-state index contributed by atoms with van der Waals surface area (Å²) in [5, 5.41) is 4.38. The standard InChI is InChI=1S/C18H20ClN/c1-12-10-17(19)8-9-18(12)20-13(2)15-7-6-14-4-3-5-16(14)11-15/h6-11,13,20H,3-5H2,1-2H3. The molecule has 1 aliphatic carbocycles. The third kappa shape index (κ3) is 2.69. The molecule has 0 aliphatic heterocycles. The Morgan fingerprint density at radius 3 is 2.65 bits per heavy atom. The molecule has 0 spiro atoms. The first-order valence-corrected chi connectivity index (χ1v) is 7.65. The van der Waals surface area contributed by atoms with E-state index in [1.54, 1.807) is 0 Å². The minimum absolute atomic E-state index is 0.306. The van der Waals surface area contributed by atoms with Crippen LogP contribution in [0.3, 0.4) is 0 Å². The lowest BCUT2D eigenvalue weighted by molar-refractivity contribution is 0.877. The lowest BCUT2D eigenvalue weighted by atomic mass is 10.0. The maximum Gasteiger partial charge on any atom is 0.0485 e. The number of nitrogens with one attached hydrogen (secondary N) is 1. The van der Waals surface area contributed by atoms with E-state index in [0.717, 1.165) is 10.7 Å². The van der Waals surface area contributed by atoms with Crippen LogP contribution in [0.25, 0.3) is 0 Å². The molecule has 0 heterocycles. The second-order valence-corrected chi connectivity index (χ2v) is 6.14. The normalized spacial score (nSPS) is 14.9. The van der Waals surface area contributed by atoms with E-state index in [9.17, 15) is 0 Å². The number of hydrogen-bond donors (Lipinski definition) is 1. The molecular weight excluding hydrogens is 266 g/mol. The van der Waals surface area contributed by atoms with Gasteiger partial charge in [-0.05, 0) is 73.6 Å². The Labute approximate surface area is 126 Å². The van der Waals surface area contributed by atoms with Crippen LogP contribution in [0.15, 0.2) is 36.4 Å². The van der Waals surface area contributed by atoms with Gasteiger partial charge in [-0.15, -0.1) is 0 Å². The fourth-order valence-corrected chi connectivity index (χ4v) is 3.19. The summed E-state index contributed by atoms with van der Waals surface area (Å²) in [6.45, 7) is 4.30. The number of hydrogen-bond acceptors (Lipinski definition) is 1. The largest absolute Gasteiger partial charge is 0.378 e. The summed E-state index contributed by atoms with van der Waals surface area (Å²) in [6, 6.07) is 13.2. The highest BCUT2D eigenvalue weighted by Gasteiger charge is 2.13. The molecule has 3 rings (SSSR count). The van der Waals surface area contributed by atoms with E-state index in [1.807, 2.05) is 12.1 Å².